The molecule has 13 nitrogen and oxygen atoms in total. The fourth-order valence-corrected chi connectivity index (χ4v) is 11.0. The van der Waals surface area contributed by atoms with Crippen molar-refractivity contribution in [3.05, 3.63) is 108 Å². The van der Waals surface area contributed by atoms with E-state index < -0.39 is 17.7 Å². The molecule has 1 amide bonds. The number of allylic oxidation sites excluding steroid dienone is 1. The third-order valence-electron chi connectivity index (χ3n) is 14.1. The van der Waals surface area contributed by atoms with Gasteiger partial charge in [-0.25, -0.2) is 0 Å². The van der Waals surface area contributed by atoms with Crippen LogP contribution >= 0.6 is 0 Å². The lowest BCUT2D eigenvalue weighted by Crippen LogP contribution is -2.70. The number of nitrogens with zero attached hydrogens (tertiary/aromatic N) is 2. The number of rotatable bonds is 27. The molecular formula is C54H70N2O11. The van der Waals surface area contributed by atoms with Crippen molar-refractivity contribution in [1.29, 1.82) is 0 Å². The third-order valence-corrected chi connectivity index (χ3v) is 14.1. The Morgan fingerprint density at radius 2 is 1.69 bits per heavy atom. The SMILES string of the molecule is C=CCOC12Oc3ccc(Oc4ccc(OC)c(C=O)c4)cc3C3C(CCCCO)C(CCCCO)C=C(C(=NOCc4ccccc4)CC1N(CCOCCO)C(=O)CCC1CCCC1)C32. The molecule has 362 valence electrons. The molecule has 0 bridgehead atoms. The number of methoxy groups -OCH3 is 1. The minimum atomic E-state index is -1.43. The smallest absolute Gasteiger partial charge is 0.239 e. The number of ether oxygens (including phenoxy) is 5. The Labute approximate surface area is 395 Å². The summed E-state index contributed by atoms with van der Waals surface area (Å²) < 4.78 is 32.4. The topological polar surface area (TPSA) is 166 Å². The summed E-state index contributed by atoms with van der Waals surface area (Å²) in [4.78, 5) is 35.2. The van der Waals surface area contributed by atoms with Crippen LogP contribution in [0.25, 0.3) is 0 Å². The van der Waals surface area contributed by atoms with Crippen LogP contribution in [0.1, 0.15) is 111 Å². The van der Waals surface area contributed by atoms with Crippen molar-refractivity contribution in [2.75, 3.05) is 53.3 Å². The van der Waals surface area contributed by atoms with E-state index >= 15 is 4.79 Å². The quantitative estimate of drug-likeness (QED) is 0.0289. The lowest BCUT2D eigenvalue weighted by atomic mass is 9.55. The van der Waals surface area contributed by atoms with Crippen LogP contribution in [-0.4, -0.2) is 103 Å². The molecule has 3 N–H and O–H groups in total. The van der Waals surface area contributed by atoms with Crippen LogP contribution in [0.3, 0.4) is 0 Å². The maximum atomic E-state index is 15.0. The summed E-state index contributed by atoms with van der Waals surface area (Å²) in [5, 5.41) is 34.7. The Morgan fingerprint density at radius 1 is 0.925 bits per heavy atom. The van der Waals surface area contributed by atoms with E-state index in [4.69, 9.17) is 33.7 Å². The van der Waals surface area contributed by atoms with Crippen LogP contribution in [-0.2, 0) is 25.7 Å². The molecule has 13 heteroatoms. The number of unbranched alkanes of at least 4 members (excludes halogenated alkanes) is 2. The van der Waals surface area contributed by atoms with Gasteiger partial charge in [0.2, 0.25) is 11.7 Å². The summed E-state index contributed by atoms with van der Waals surface area (Å²) in [5.41, 5.74) is 3.88. The molecule has 0 spiro atoms. The maximum absolute atomic E-state index is 15.0. The highest BCUT2D eigenvalue weighted by Gasteiger charge is 2.65. The predicted octanol–water partition coefficient (Wildman–Crippen LogP) is 8.94. The molecule has 7 rings (SSSR count). The van der Waals surface area contributed by atoms with Gasteiger partial charge < -0.3 is 48.7 Å². The Balaban J connectivity index is 1.41. The van der Waals surface area contributed by atoms with E-state index in [0.717, 1.165) is 67.9 Å². The second-order valence-electron chi connectivity index (χ2n) is 18.3. The van der Waals surface area contributed by atoms with E-state index in [2.05, 4.69) is 12.7 Å². The van der Waals surface area contributed by atoms with Gasteiger partial charge in [-0.2, -0.15) is 0 Å². The van der Waals surface area contributed by atoms with Gasteiger partial charge in [0.25, 0.3) is 0 Å². The molecule has 2 saturated carbocycles. The van der Waals surface area contributed by atoms with E-state index in [9.17, 15) is 20.1 Å². The summed E-state index contributed by atoms with van der Waals surface area (Å²) in [7, 11) is 1.52. The van der Waals surface area contributed by atoms with E-state index in [1.165, 1.54) is 20.0 Å². The molecule has 4 aliphatic rings. The Bertz CT molecular complexity index is 2140. The Morgan fingerprint density at radius 3 is 2.42 bits per heavy atom. The largest absolute Gasteiger partial charge is 0.496 e. The van der Waals surface area contributed by atoms with Gasteiger partial charge in [-0.05, 0) is 97.4 Å². The number of aldehydes is 1. The molecular weight excluding hydrogens is 853 g/mol. The van der Waals surface area contributed by atoms with Gasteiger partial charge in [0.05, 0.1) is 50.7 Å². The fourth-order valence-electron chi connectivity index (χ4n) is 11.0. The van der Waals surface area contributed by atoms with Crippen LogP contribution in [0, 0.1) is 23.7 Å². The van der Waals surface area contributed by atoms with Crippen molar-refractivity contribution >= 4 is 17.9 Å². The van der Waals surface area contributed by atoms with Crippen molar-refractivity contribution in [2.24, 2.45) is 28.8 Å². The van der Waals surface area contributed by atoms with Crippen molar-refractivity contribution in [1.82, 2.24) is 4.90 Å². The first kappa shape index (κ1) is 49.8. The molecule has 67 heavy (non-hydrogen) atoms. The molecule has 2 fully saturated rings. The molecule has 0 radical (unpaired) electrons. The number of hydrogen-bond donors (Lipinski definition) is 3. The lowest BCUT2D eigenvalue weighted by molar-refractivity contribution is -0.258. The fraction of sp³-hybridized carbons (Fsp3) is 0.537. The summed E-state index contributed by atoms with van der Waals surface area (Å²) in [6, 6.07) is 20.1. The first-order valence-electron chi connectivity index (χ1n) is 24.4. The van der Waals surface area contributed by atoms with Gasteiger partial charge in [-0.3, -0.25) is 9.59 Å². The minimum absolute atomic E-state index is 0.0101. The van der Waals surface area contributed by atoms with Gasteiger partial charge >= 0.3 is 0 Å². The standard InChI is InChI=1S/C54H70N2O11/c1-3-29-64-54-50(56(25-30-63-31-28-59)51(61)24-19-38-13-7-8-14-38)35-47(55-65-37-39-15-5-4-6-16-39)45-33-40(17-9-11-26-57)44(18-10-12-27-58)52(53(45)54)46-34-43(21-23-49(46)67-54)66-42-20-22-48(62-2)41(32-42)36-60/h3-6,15-16,20-23,32-34,36,38,40,44,50,52-53,57-59H,1,7-14,17-19,24-31,35,37H2,2H3. The summed E-state index contributed by atoms with van der Waals surface area (Å²) >= 11 is 0. The highest BCUT2D eigenvalue weighted by Crippen LogP contribution is 2.62. The molecule has 1 heterocycles. The zero-order valence-electron chi connectivity index (χ0n) is 39.1. The number of carbonyl (C=O) groups excluding carboxylic acids is 2. The third kappa shape index (κ3) is 12.0. The van der Waals surface area contributed by atoms with E-state index in [-0.39, 0.29) is 82.9 Å². The van der Waals surface area contributed by atoms with E-state index in [1.807, 2.05) is 53.4 Å². The van der Waals surface area contributed by atoms with Crippen LogP contribution in [0.4, 0.5) is 0 Å². The average molecular weight is 923 g/mol. The second-order valence-corrected chi connectivity index (χ2v) is 18.3. The number of fused-ring (bicyclic) bond motifs is 2. The van der Waals surface area contributed by atoms with Crippen LogP contribution in [0.15, 0.2) is 96.2 Å². The molecule has 6 atom stereocenters. The Kier molecular flexibility index (Phi) is 18.5. The van der Waals surface area contributed by atoms with Crippen LogP contribution < -0.4 is 14.2 Å². The number of aliphatic hydroxyl groups is 3. The number of oxime groups is 1. The zero-order chi connectivity index (χ0) is 47.0. The van der Waals surface area contributed by atoms with Gasteiger partial charge in [0, 0.05) is 44.1 Å². The number of amides is 1. The van der Waals surface area contributed by atoms with Gasteiger partial charge in [-0.1, -0.05) is 86.2 Å². The van der Waals surface area contributed by atoms with Crippen molar-refractivity contribution in [3.63, 3.8) is 0 Å². The molecule has 0 aromatic heterocycles. The predicted molar refractivity (Wildman–Crippen MR) is 255 cm³/mol. The molecule has 6 unspecified atom stereocenters. The Hall–Kier alpha value is -5.05. The first-order valence-corrected chi connectivity index (χ1v) is 24.4. The number of hydrogen-bond acceptors (Lipinski definition) is 12. The van der Waals surface area contributed by atoms with Gasteiger partial charge in [0.15, 0.2) is 6.29 Å². The van der Waals surface area contributed by atoms with Crippen LogP contribution in [0.2, 0.25) is 0 Å². The van der Waals surface area contributed by atoms with Crippen LogP contribution in [0.5, 0.6) is 23.0 Å². The maximum Gasteiger partial charge on any atom is 0.239 e. The molecule has 0 saturated heterocycles. The number of aliphatic hydroxyl groups excluding tert-OH is 3. The number of carbonyl (C=O) groups is 2. The minimum Gasteiger partial charge on any atom is -0.496 e. The van der Waals surface area contributed by atoms with E-state index in [0.29, 0.717) is 59.5 Å². The molecule has 3 aromatic rings. The summed E-state index contributed by atoms with van der Waals surface area (Å²) in [6.07, 6.45) is 15.2. The normalized spacial score (nSPS) is 23.7. The molecule has 3 aromatic carbocycles. The lowest BCUT2D eigenvalue weighted by Gasteiger charge is -2.60. The molecule has 1 aliphatic heterocycles. The molecule has 3 aliphatic carbocycles. The average Bonchev–Trinajstić information content (AvgIpc) is 3.88. The number of benzene rings is 3. The monoisotopic (exact) mass is 922 g/mol. The second kappa shape index (κ2) is 24.8. The van der Waals surface area contributed by atoms with E-state index in [1.54, 1.807) is 24.3 Å². The van der Waals surface area contributed by atoms with Crippen molar-refractivity contribution < 1.29 is 53.4 Å². The van der Waals surface area contributed by atoms with Crippen molar-refractivity contribution in [3.8, 4) is 23.0 Å². The highest BCUT2D eigenvalue weighted by atomic mass is 16.7. The summed E-state index contributed by atoms with van der Waals surface area (Å²) in [5.74, 6) is 0.371. The van der Waals surface area contributed by atoms with Crippen molar-refractivity contribution in [2.45, 2.75) is 108 Å². The first-order chi connectivity index (χ1) is 32.9. The van der Waals surface area contributed by atoms with Gasteiger partial charge in [0.1, 0.15) is 35.6 Å². The summed E-state index contributed by atoms with van der Waals surface area (Å²) in [6.45, 7) is 5.04. The zero-order valence-corrected chi connectivity index (χ0v) is 39.1. The highest BCUT2D eigenvalue weighted by molar-refractivity contribution is 6.03. The van der Waals surface area contributed by atoms with Gasteiger partial charge in [-0.15, -0.1) is 6.58 Å².